The molecule has 19 heavy (non-hydrogen) atoms. The summed E-state index contributed by atoms with van der Waals surface area (Å²) < 4.78 is 11.0. The molecule has 1 aromatic rings. The number of para-hydroxylation sites is 2. The second-order valence-corrected chi connectivity index (χ2v) is 4.38. The lowest BCUT2D eigenvalue weighted by atomic mass is 10.2. The van der Waals surface area contributed by atoms with Gasteiger partial charge in [-0.1, -0.05) is 12.1 Å². The van der Waals surface area contributed by atoms with Crippen LogP contribution in [-0.4, -0.2) is 50.8 Å². The first kappa shape index (κ1) is 13.7. The van der Waals surface area contributed by atoms with Crippen molar-refractivity contribution in [3.05, 3.63) is 24.3 Å². The molecule has 1 aliphatic rings. The summed E-state index contributed by atoms with van der Waals surface area (Å²) in [6.45, 7) is 3.84. The zero-order chi connectivity index (χ0) is 13.5. The Bertz CT molecular complexity index is 445. The molecule has 0 aliphatic carbocycles. The van der Waals surface area contributed by atoms with Crippen LogP contribution in [0.15, 0.2) is 24.3 Å². The number of rotatable bonds is 5. The number of ether oxygens (including phenoxy) is 2. The molecule has 0 saturated carbocycles. The molecular weight excluding hydrogens is 242 g/mol. The van der Waals surface area contributed by atoms with Crippen molar-refractivity contribution in [3.8, 4) is 17.6 Å². The van der Waals surface area contributed by atoms with Crippen molar-refractivity contribution >= 4 is 0 Å². The Balaban J connectivity index is 1.84. The largest absolute Gasteiger partial charge is 0.493 e. The quantitative estimate of drug-likeness (QED) is 0.852. The second kappa shape index (κ2) is 6.98. The number of methoxy groups -OCH3 is 1. The third-order valence-corrected chi connectivity index (χ3v) is 3.21. The minimum atomic E-state index is -0.0602. The highest BCUT2D eigenvalue weighted by Crippen LogP contribution is 2.25. The maximum absolute atomic E-state index is 9.07. The summed E-state index contributed by atoms with van der Waals surface area (Å²) in [5, 5.41) is 12.3. The molecule has 1 atom stereocenters. The molecular formula is C14H19N3O2. The van der Waals surface area contributed by atoms with E-state index < -0.39 is 0 Å². The number of hydrogen-bond acceptors (Lipinski definition) is 5. The van der Waals surface area contributed by atoms with Gasteiger partial charge in [0.25, 0.3) is 0 Å². The first-order valence-corrected chi connectivity index (χ1v) is 6.45. The Morgan fingerprint density at radius 2 is 2.21 bits per heavy atom. The molecule has 0 spiro atoms. The number of hydrogen-bond donors (Lipinski definition) is 1. The third-order valence-electron chi connectivity index (χ3n) is 3.21. The van der Waals surface area contributed by atoms with Crippen molar-refractivity contribution in [2.45, 2.75) is 6.04 Å². The van der Waals surface area contributed by atoms with Gasteiger partial charge in [0.05, 0.1) is 13.2 Å². The van der Waals surface area contributed by atoms with E-state index >= 15 is 0 Å². The van der Waals surface area contributed by atoms with E-state index in [1.54, 1.807) is 7.11 Å². The van der Waals surface area contributed by atoms with Crippen LogP contribution in [-0.2, 0) is 0 Å². The van der Waals surface area contributed by atoms with Crippen molar-refractivity contribution in [2.24, 2.45) is 0 Å². The summed E-state index contributed by atoms with van der Waals surface area (Å²) in [6.07, 6.45) is 0. The normalized spacial score (nSPS) is 19.7. The van der Waals surface area contributed by atoms with Gasteiger partial charge >= 0.3 is 0 Å². The number of nitrogens with one attached hydrogen (secondary N) is 1. The Hall–Kier alpha value is -1.77. The number of nitrogens with zero attached hydrogens (tertiary/aromatic N) is 2. The van der Waals surface area contributed by atoms with Crippen molar-refractivity contribution in [1.29, 1.82) is 5.26 Å². The summed E-state index contributed by atoms with van der Waals surface area (Å²) in [6, 6.07) is 9.84. The summed E-state index contributed by atoms with van der Waals surface area (Å²) in [4.78, 5) is 2.14. The van der Waals surface area contributed by atoms with Gasteiger partial charge in [-0.25, -0.2) is 0 Å². The molecule has 5 nitrogen and oxygen atoms in total. The minimum Gasteiger partial charge on any atom is -0.493 e. The molecule has 1 N–H and O–H groups in total. The van der Waals surface area contributed by atoms with Gasteiger partial charge in [0.2, 0.25) is 0 Å². The maximum Gasteiger partial charge on any atom is 0.161 e. The molecule has 1 fully saturated rings. The van der Waals surface area contributed by atoms with E-state index in [-0.39, 0.29) is 6.04 Å². The zero-order valence-electron chi connectivity index (χ0n) is 11.1. The average Bonchev–Trinajstić information content (AvgIpc) is 2.48. The molecule has 1 aromatic carbocycles. The molecule has 0 bridgehead atoms. The number of piperazine rings is 1. The van der Waals surface area contributed by atoms with Crippen LogP contribution in [0.2, 0.25) is 0 Å². The van der Waals surface area contributed by atoms with Crippen LogP contribution in [0.3, 0.4) is 0 Å². The van der Waals surface area contributed by atoms with Crippen LogP contribution in [0.1, 0.15) is 0 Å². The van der Waals surface area contributed by atoms with Gasteiger partial charge < -0.3 is 14.8 Å². The SMILES string of the molecule is COc1ccccc1OCCN1CCNCC1C#N. The predicted molar refractivity (Wildman–Crippen MR) is 72.3 cm³/mol. The van der Waals surface area contributed by atoms with E-state index in [4.69, 9.17) is 14.7 Å². The van der Waals surface area contributed by atoms with Crippen molar-refractivity contribution in [1.82, 2.24) is 10.2 Å². The van der Waals surface area contributed by atoms with E-state index in [0.29, 0.717) is 6.61 Å². The van der Waals surface area contributed by atoms with E-state index in [2.05, 4.69) is 16.3 Å². The lowest BCUT2D eigenvalue weighted by Crippen LogP contribution is -2.51. The highest BCUT2D eigenvalue weighted by molar-refractivity contribution is 5.39. The van der Waals surface area contributed by atoms with Crippen LogP contribution < -0.4 is 14.8 Å². The first-order valence-electron chi connectivity index (χ1n) is 6.45. The summed E-state index contributed by atoms with van der Waals surface area (Å²) >= 11 is 0. The first-order chi connectivity index (χ1) is 9.35. The third kappa shape index (κ3) is 3.60. The fourth-order valence-corrected chi connectivity index (χ4v) is 2.15. The fourth-order valence-electron chi connectivity index (χ4n) is 2.15. The van der Waals surface area contributed by atoms with Crippen LogP contribution in [0.4, 0.5) is 0 Å². The monoisotopic (exact) mass is 261 g/mol. The van der Waals surface area contributed by atoms with E-state index in [0.717, 1.165) is 37.7 Å². The van der Waals surface area contributed by atoms with Gasteiger partial charge in [-0.15, -0.1) is 0 Å². The van der Waals surface area contributed by atoms with E-state index in [1.165, 1.54) is 0 Å². The molecule has 102 valence electrons. The van der Waals surface area contributed by atoms with Gasteiger partial charge in [0.15, 0.2) is 11.5 Å². The topological polar surface area (TPSA) is 57.5 Å². The lowest BCUT2D eigenvalue weighted by molar-refractivity contribution is 0.159. The van der Waals surface area contributed by atoms with Gasteiger partial charge in [-0.3, -0.25) is 4.90 Å². The van der Waals surface area contributed by atoms with Gasteiger partial charge in [-0.2, -0.15) is 5.26 Å². The summed E-state index contributed by atoms with van der Waals surface area (Å²) in [5.74, 6) is 1.48. The van der Waals surface area contributed by atoms with E-state index in [9.17, 15) is 0 Å². The number of nitriles is 1. The molecule has 1 heterocycles. The predicted octanol–water partition coefficient (Wildman–Crippen LogP) is 0.871. The zero-order valence-corrected chi connectivity index (χ0v) is 11.1. The molecule has 1 saturated heterocycles. The molecule has 2 rings (SSSR count). The van der Waals surface area contributed by atoms with Crippen molar-refractivity contribution in [3.63, 3.8) is 0 Å². The second-order valence-electron chi connectivity index (χ2n) is 4.38. The van der Waals surface area contributed by atoms with Crippen LogP contribution in [0.5, 0.6) is 11.5 Å². The van der Waals surface area contributed by atoms with Gasteiger partial charge in [0, 0.05) is 26.2 Å². The highest BCUT2D eigenvalue weighted by atomic mass is 16.5. The molecule has 0 radical (unpaired) electrons. The number of benzene rings is 1. The van der Waals surface area contributed by atoms with Crippen molar-refractivity contribution in [2.75, 3.05) is 39.9 Å². The summed E-state index contributed by atoms with van der Waals surface area (Å²) in [7, 11) is 1.63. The fraction of sp³-hybridized carbons (Fsp3) is 0.500. The van der Waals surface area contributed by atoms with Crippen LogP contribution >= 0.6 is 0 Å². The Morgan fingerprint density at radius 3 is 2.95 bits per heavy atom. The Morgan fingerprint density at radius 1 is 1.42 bits per heavy atom. The Labute approximate surface area is 113 Å². The highest BCUT2D eigenvalue weighted by Gasteiger charge is 2.21. The molecule has 1 unspecified atom stereocenters. The summed E-state index contributed by atoms with van der Waals surface area (Å²) in [5.41, 5.74) is 0. The Kier molecular flexibility index (Phi) is 5.01. The van der Waals surface area contributed by atoms with Crippen LogP contribution in [0, 0.1) is 11.3 Å². The average molecular weight is 261 g/mol. The van der Waals surface area contributed by atoms with Crippen molar-refractivity contribution < 1.29 is 9.47 Å². The molecule has 0 amide bonds. The smallest absolute Gasteiger partial charge is 0.161 e. The lowest BCUT2D eigenvalue weighted by Gasteiger charge is -2.31. The minimum absolute atomic E-state index is 0.0602. The van der Waals surface area contributed by atoms with Crippen LogP contribution in [0.25, 0.3) is 0 Å². The van der Waals surface area contributed by atoms with Gasteiger partial charge in [-0.05, 0) is 12.1 Å². The standard InChI is InChI=1S/C14H19N3O2/c1-18-13-4-2-3-5-14(13)19-9-8-17-7-6-16-11-12(17)10-15/h2-5,12,16H,6-9,11H2,1H3. The molecule has 5 heteroatoms. The van der Waals surface area contributed by atoms with E-state index in [1.807, 2.05) is 24.3 Å². The maximum atomic E-state index is 9.07. The molecule has 1 aliphatic heterocycles. The molecule has 0 aromatic heterocycles. The van der Waals surface area contributed by atoms with Gasteiger partial charge in [0.1, 0.15) is 12.6 Å².